The molecule has 1 saturated carbocycles. The molecule has 3 N–H and O–H groups in total. The number of nitrogens with one attached hydrogen (secondary N) is 1. The van der Waals surface area contributed by atoms with Crippen LogP contribution in [0.5, 0.6) is 0 Å². The summed E-state index contributed by atoms with van der Waals surface area (Å²) in [7, 11) is -3.46. The summed E-state index contributed by atoms with van der Waals surface area (Å²) in [5, 5.41) is 0. The highest BCUT2D eigenvalue weighted by molar-refractivity contribution is 7.92. The van der Waals surface area contributed by atoms with Crippen molar-refractivity contribution >= 4 is 21.4 Å². The normalized spacial score (nSPS) is 16.1. The smallest absolute Gasteiger partial charge is 0.233 e. The summed E-state index contributed by atoms with van der Waals surface area (Å²) in [6, 6.07) is 3.80. The van der Waals surface area contributed by atoms with Crippen molar-refractivity contribution in [2.75, 3.05) is 16.2 Å². The molecule has 0 amide bonds. The summed E-state index contributed by atoms with van der Waals surface area (Å²) in [5.74, 6) is -0.337. The van der Waals surface area contributed by atoms with Gasteiger partial charge in [-0.15, -0.1) is 0 Å². The molecule has 0 unspecified atom stereocenters. The van der Waals surface area contributed by atoms with Crippen LogP contribution in [0.15, 0.2) is 18.2 Å². The van der Waals surface area contributed by atoms with Gasteiger partial charge in [-0.25, -0.2) is 12.8 Å². The van der Waals surface area contributed by atoms with Crippen molar-refractivity contribution in [3.8, 4) is 0 Å². The highest BCUT2D eigenvalue weighted by Crippen LogP contribution is 2.31. The Morgan fingerprint density at radius 3 is 2.75 bits per heavy atom. The molecule has 1 aliphatic rings. The van der Waals surface area contributed by atoms with Crippen molar-refractivity contribution in [2.45, 2.75) is 12.8 Å². The fourth-order valence-corrected chi connectivity index (χ4v) is 2.95. The molecule has 1 aliphatic carbocycles. The Labute approximate surface area is 93.7 Å². The van der Waals surface area contributed by atoms with E-state index in [0.29, 0.717) is 5.69 Å². The van der Waals surface area contributed by atoms with Crippen LogP contribution in [0.3, 0.4) is 0 Å². The molecule has 0 aliphatic heterocycles. The fourth-order valence-electron chi connectivity index (χ4n) is 1.43. The van der Waals surface area contributed by atoms with Crippen molar-refractivity contribution in [3.05, 3.63) is 24.0 Å². The van der Waals surface area contributed by atoms with Crippen molar-refractivity contribution in [1.82, 2.24) is 0 Å². The SMILES string of the molecule is Nc1ccc(F)c(NS(=O)(=O)CC2CC2)c1. The lowest BCUT2D eigenvalue weighted by Crippen LogP contribution is -2.18. The lowest BCUT2D eigenvalue weighted by Gasteiger charge is -2.08. The Balaban J connectivity index is 2.15. The van der Waals surface area contributed by atoms with Crippen LogP contribution in [-0.4, -0.2) is 14.2 Å². The van der Waals surface area contributed by atoms with E-state index >= 15 is 0 Å². The van der Waals surface area contributed by atoms with Crippen LogP contribution in [0.1, 0.15) is 12.8 Å². The molecule has 0 atom stereocenters. The lowest BCUT2D eigenvalue weighted by atomic mass is 10.3. The van der Waals surface area contributed by atoms with Crippen molar-refractivity contribution < 1.29 is 12.8 Å². The zero-order valence-corrected chi connectivity index (χ0v) is 9.43. The third kappa shape index (κ3) is 2.85. The van der Waals surface area contributed by atoms with Gasteiger partial charge >= 0.3 is 0 Å². The first kappa shape index (κ1) is 11.2. The zero-order valence-electron chi connectivity index (χ0n) is 8.61. The predicted octanol–water partition coefficient (Wildman–Crippen LogP) is 1.56. The maximum atomic E-state index is 13.3. The van der Waals surface area contributed by atoms with Gasteiger partial charge in [-0.1, -0.05) is 0 Å². The maximum Gasteiger partial charge on any atom is 0.233 e. The van der Waals surface area contributed by atoms with Crippen molar-refractivity contribution in [1.29, 1.82) is 0 Å². The van der Waals surface area contributed by atoms with Crippen LogP contribution in [-0.2, 0) is 10.0 Å². The van der Waals surface area contributed by atoms with E-state index in [1.54, 1.807) is 0 Å². The number of nitrogen functional groups attached to an aromatic ring is 1. The van der Waals surface area contributed by atoms with E-state index in [0.717, 1.165) is 18.9 Å². The minimum absolute atomic E-state index is 0.0568. The van der Waals surface area contributed by atoms with Crippen molar-refractivity contribution in [2.24, 2.45) is 5.92 Å². The highest BCUT2D eigenvalue weighted by Gasteiger charge is 2.28. The zero-order chi connectivity index (χ0) is 11.8. The van der Waals surface area contributed by atoms with Gasteiger partial charge in [0.15, 0.2) is 0 Å². The molecule has 1 fully saturated rings. The summed E-state index contributed by atoms with van der Waals surface area (Å²) >= 11 is 0. The summed E-state index contributed by atoms with van der Waals surface area (Å²) in [6.45, 7) is 0. The summed E-state index contributed by atoms with van der Waals surface area (Å²) < 4.78 is 38.7. The first-order chi connectivity index (χ1) is 7.46. The molecular formula is C10H13FN2O2S. The van der Waals surface area contributed by atoms with Gasteiger partial charge in [-0.05, 0) is 37.0 Å². The largest absolute Gasteiger partial charge is 0.399 e. The van der Waals surface area contributed by atoms with E-state index in [1.807, 2.05) is 0 Å². The van der Waals surface area contributed by atoms with Gasteiger partial charge in [-0.2, -0.15) is 0 Å². The number of benzene rings is 1. The second-order valence-corrected chi connectivity index (χ2v) is 5.83. The van der Waals surface area contributed by atoms with Gasteiger partial charge in [0.05, 0.1) is 11.4 Å². The maximum absolute atomic E-state index is 13.3. The lowest BCUT2D eigenvalue weighted by molar-refractivity contribution is 0.595. The Morgan fingerprint density at radius 2 is 2.12 bits per heavy atom. The van der Waals surface area contributed by atoms with Crippen LogP contribution in [0.25, 0.3) is 0 Å². The topological polar surface area (TPSA) is 72.2 Å². The Hall–Kier alpha value is -1.30. The van der Waals surface area contributed by atoms with Crippen LogP contribution in [0, 0.1) is 11.7 Å². The van der Waals surface area contributed by atoms with Gasteiger partial charge in [0, 0.05) is 5.69 Å². The molecule has 1 aromatic carbocycles. The number of anilines is 2. The first-order valence-electron chi connectivity index (χ1n) is 5.02. The molecule has 6 heteroatoms. The Kier molecular flexibility index (Phi) is 2.75. The van der Waals surface area contributed by atoms with E-state index in [1.165, 1.54) is 12.1 Å². The van der Waals surface area contributed by atoms with Crippen LogP contribution in [0.2, 0.25) is 0 Å². The molecular weight excluding hydrogens is 231 g/mol. The van der Waals surface area contributed by atoms with Gasteiger partial charge in [-0.3, -0.25) is 4.72 Å². The molecule has 0 bridgehead atoms. The number of hydrogen-bond acceptors (Lipinski definition) is 3. The quantitative estimate of drug-likeness (QED) is 0.789. The van der Waals surface area contributed by atoms with E-state index in [9.17, 15) is 12.8 Å². The average molecular weight is 244 g/mol. The molecule has 0 heterocycles. The minimum atomic E-state index is -3.46. The number of halogens is 1. The van der Waals surface area contributed by atoms with Gasteiger partial charge in [0.25, 0.3) is 0 Å². The minimum Gasteiger partial charge on any atom is -0.399 e. The predicted molar refractivity (Wildman–Crippen MR) is 60.9 cm³/mol. The van der Waals surface area contributed by atoms with E-state index in [4.69, 9.17) is 5.73 Å². The fraction of sp³-hybridized carbons (Fsp3) is 0.400. The second kappa shape index (κ2) is 3.93. The number of hydrogen-bond donors (Lipinski definition) is 2. The Bertz CT molecular complexity index is 498. The molecule has 0 aromatic heterocycles. The summed E-state index contributed by atoms with van der Waals surface area (Å²) in [5.41, 5.74) is 5.70. The summed E-state index contributed by atoms with van der Waals surface area (Å²) in [6.07, 6.45) is 1.86. The highest BCUT2D eigenvalue weighted by atomic mass is 32.2. The second-order valence-electron chi connectivity index (χ2n) is 4.07. The van der Waals surface area contributed by atoms with Crippen molar-refractivity contribution in [3.63, 3.8) is 0 Å². The monoisotopic (exact) mass is 244 g/mol. The van der Waals surface area contributed by atoms with E-state index in [2.05, 4.69) is 4.72 Å². The molecule has 4 nitrogen and oxygen atoms in total. The summed E-state index contributed by atoms with van der Waals surface area (Å²) in [4.78, 5) is 0. The van der Waals surface area contributed by atoms with Gasteiger partial charge in [0.2, 0.25) is 10.0 Å². The van der Waals surface area contributed by atoms with Crippen LogP contribution >= 0.6 is 0 Å². The van der Waals surface area contributed by atoms with Crippen LogP contribution < -0.4 is 10.5 Å². The Morgan fingerprint density at radius 1 is 1.44 bits per heavy atom. The molecule has 0 saturated heterocycles. The van der Waals surface area contributed by atoms with Gasteiger partial charge < -0.3 is 5.73 Å². The van der Waals surface area contributed by atoms with Crippen LogP contribution in [0.4, 0.5) is 15.8 Å². The molecule has 88 valence electrons. The third-order valence-corrected chi connectivity index (χ3v) is 3.85. The van der Waals surface area contributed by atoms with E-state index < -0.39 is 15.8 Å². The molecule has 2 rings (SSSR count). The number of sulfonamides is 1. The molecule has 0 spiro atoms. The molecule has 0 radical (unpaired) electrons. The number of nitrogens with two attached hydrogens (primary N) is 1. The first-order valence-corrected chi connectivity index (χ1v) is 6.67. The van der Waals surface area contributed by atoms with E-state index in [-0.39, 0.29) is 17.4 Å². The molecule has 16 heavy (non-hydrogen) atoms. The number of rotatable bonds is 4. The standard InChI is InChI=1S/C10H13FN2O2S/c11-9-4-3-8(12)5-10(9)13-16(14,15)6-7-1-2-7/h3-5,7,13H,1-2,6,12H2. The van der Waals surface area contributed by atoms with Gasteiger partial charge in [0.1, 0.15) is 5.82 Å². The third-order valence-electron chi connectivity index (χ3n) is 2.41. The average Bonchev–Trinajstić information content (AvgIpc) is 2.94. The molecule has 1 aromatic rings.